The van der Waals surface area contributed by atoms with Gasteiger partial charge in [0, 0.05) is 34.9 Å². The predicted molar refractivity (Wildman–Crippen MR) is 89.6 cm³/mol. The standard InChI is InChI=1S/C19H20N2/c1-15(10-11-16-6-3-2-4-7-16)21-19-9-5-8-17-14-20-13-12-18(17)19/h2-9,12-15,21H,10-11H2,1H3. The predicted octanol–water partition coefficient (Wildman–Crippen LogP) is 4.67. The van der Waals surface area contributed by atoms with Crippen LogP contribution in [0.25, 0.3) is 10.8 Å². The van der Waals surface area contributed by atoms with Gasteiger partial charge >= 0.3 is 0 Å². The van der Waals surface area contributed by atoms with Gasteiger partial charge in [-0.25, -0.2) is 0 Å². The second-order valence-electron chi connectivity index (χ2n) is 5.47. The summed E-state index contributed by atoms with van der Waals surface area (Å²) < 4.78 is 0. The molecule has 0 spiro atoms. The number of pyridine rings is 1. The van der Waals surface area contributed by atoms with Gasteiger partial charge in [-0.2, -0.15) is 0 Å². The van der Waals surface area contributed by atoms with Gasteiger partial charge in [-0.1, -0.05) is 42.5 Å². The molecule has 2 nitrogen and oxygen atoms in total. The summed E-state index contributed by atoms with van der Waals surface area (Å²) in [5.74, 6) is 0. The normalized spacial score (nSPS) is 12.2. The van der Waals surface area contributed by atoms with Gasteiger partial charge in [0.25, 0.3) is 0 Å². The number of nitrogens with one attached hydrogen (secondary N) is 1. The summed E-state index contributed by atoms with van der Waals surface area (Å²) in [7, 11) is 0. The van der Waals surface area contributed by atoms with Gasteiger partial charge in [-0.15, -0.1) is 0 Å². The number of hydrogen-bond acceptors (Lipinski definition) is 2. The summed E-state index contributed by atoms with van der Waals surface area (Å²) in [6.45, 7) is 2.24. The fourth-order valence-corrected chi connectivity index (χ4v) is 2.61. The van der Waals surface area contributed by atoms with Crippen molar-refractivity contribution in [3.05, 3.63) is 72.6 Å². The monoisotopic (exact) mass is 276 g/mol. The molecule has 1 atom stereocenters. The van der Waals surface area contributed by atoms with E-state index in [0.29, 0.717) is 6.04 Å². The van der Waals surface area contributed by atoms with E-state index < -0.39 is 0 Å². The number of anilines is 1. The molecule has 21 heavy (non-hydrogen) atoms. The third kappa shape index (κ3) is 3.40. The number of aromatic nitrogens is 1. The van der Waals surface area contributed by atoms with E-state index >= 15 is 0 Å². The first-order valence-corrected chi connectivity index (χ1v) is 7.46. The minimum atomic E-state index is 0.434. The molecule has 0 bridgehead atoms. The molecule has 106 valence electrons. The molecule has 3 rings (SSSR count). The minimum absolute atomic E-state index is 0.434. The molecule has 0 aliphatic heterocycles. The van der Waals surface area contributed by atoms with Gasteiger partial charge in [-0.3, -0.25) is 4.98 Å². The summed E-state index contributed by atoms with van der Waals surface area (Å²) in [6.07, 6.45) is 5.98. The van der Waals surface area contributed by atoms with Crippen LogP contribution in [0.15, 0.2) is 67.0 Å². The van der Waals surface area contributed by atoms with E-state index in [1.54, 1.807) is 0 Å². The van der Waals surface area contributed by atoms with Crippen molar-refractivity contribution in [2.45, 2.75) is 25.8 Å². The fourth-order valence-electron chi connectivity index (χ4n) is 2.61. The number of hydrogen-bond donors (Lipinski definition) is 1. The molecule has 0 amide bonds. The number of nitrogens with zero attached hydrogens (tertiary/aromatic N) is 1. The molecule has 0 aliphatic carbocycles. The highest BCUT2D eigenvalue weighted by Crippen LogP contribution is 2.23. The zero-order valence-electron chi connectivity index (χ0n) is 12.3. The Labute approximate surface area is 125 Å². The Bertz CT molecular complexity index is 702. The van der Waals surface area contributed by atoms with Crippen LogP contribution in [0.1, 0.15) is 18.9 Å². The molecule has 1 N–H and O–H groups in total. The van der Waals surface area contributed by atoms with E-state index in [2.05, 4.69) is 71.8 Å². The lowest BCUT2D eigenvalue weighted by Crippen LogP contribution is -2.16. The Kier molecular flexibility index (Phi) is 4.15. The van der Waals surface area contributed by atoms with Gasteiger partial charge in [0.1, 0.15) is 0 Å². The van der Waals surface area contributed by atoms with Crippen molar-refractivity contribution < 1.29 is 0 Å². The molecule has 0 radical (unpaired) electrons. The minimum Gasteiger partial charge on any atom is -0.382 e. The van der Waals surface area contributed by atoms with Crippen LogP contribution < -0.4 is 5.32 Å². The Morgan fingerprint density at radius 2 is 1.86 bits per heavy atom. The van der Waals surface area contributed by atoms with Crippen LogP contribution in [0.4, 0.5) is 5.69 Å². The van der Waals surface area contributed by atoms with Crippen LogP contribution in [0.5, 0.6) is 0 Å². The average Bonchev–Trinajstić information content (AvgIpc) is 2.54. The van der Waals surface area contributed by atoms with Crippen molar-refractivity contribution in [2.24, 2.45) is 0 Å². The number of aryl methyl sites for hydroxylation is 1. The van der Waals surface area contributed by atoms with Crippen molar-refractivity contribution in [1.29, 1.82) is 0 Å². The van der Waals surface area contributed by atoms with E-state index in [-0.39, 0.29) is 0 Å². The molecular weight excluding hydrogens is 256 g/mol. The van der Waals surface area contributed by atoms with E-state index in [4.69, 9.17) is 0 Å². The van der Waals surface area contributed by atoms with E-state index in [9.17, 15) is 0 Å². The largest absolute Gasteiger partial charge is 0.382 e. The van der Waals surface area contributed by atoms with Gasteiger partial charge < -0.3 is 5.32 Å². The molecule has 1 heterocycles. The maximum Gasteiger partial charge on any atom is 0.0423 e. The van der Waals surface area contributed by atoms with Crippen LogP contribution in [0.2, 0.25) is 0 Å². The Morgan fingerprint density at radius 1 is 1.00 bits per heavy atom. The third-order valence-corrected chi connectivity index (χ3v) is 3.79. The summed E-state index contributed by atoms with van der Waals surface area (Å²) in [4.78, 5) is 4.18. The lowest BCUT2D eigenvalue weighted by Gasteiger charge is -2.17. The smallest absolute Gasteiger partial charge is 0.0423 e. The topological polar surface area (TPSA) is 24.9 Å². The van der Waals surface area contributed by atoms with Crippen LogP contribution in [0, 0.1) is 0 Å². The van der Waals surface area contributed by atoms with E-state index in [0.717, 1.165) is 12.8 Å². The highest BCUT2D eigenvalue weighted by molar-refractivity contribution is 5.93. The number of rotatable bonds is 5. The maximum absolute atomic E-state index is 4.18. The molecule has 0 aliphatic rings. The van der Waals surface area contributed by atoms with Crippen LogP contribution >= 0.6 is 0 Å². The lowest BCUT2D eigenvalue weighted by atomic mass is 10.1. The Morgan fingerprint density at radius 3 is 2.71 bits per heavy atom. The fraction of sp³-hybridized carbons (Fsp3) is 0.211. The third-order valence-electron chi connectivity index (χ3n) is 3.79. The second kappa shape index (κ2) is 6.40. The zero-order chi connectivity index (χ0) is 14.5. The van der Waals surface area contributed by atoms with Crippen molar-refractivity contribution in [3.8, 4) is 0 Å². The molecule has 0 fully saturated rings. The van der Waals surface area contributed by atoms with Crippen molar-refractivity contribution in [1.82, 2.24) is 4.98 Å². The highest BCUT2D eigenvalue weighted by atomic mass is 14.9. The quantitative estimate of drug-likeness (QED) is 0.732. The van der Waals surface area contributed by atoms with Crippen LogP contribution in [-0.4, -0.2) is 11.0 Å². The molecule has 2 aromatic carbocycles. The first-order valence-electron chi connectivity index (χ1n) is 7.46. The molecule has 0 saturated heterocycles. The van der Waals surface area contributed by atoms with E-state index in [1.807, 2.05) is 12.4 Å². The maximum atomic E-state index is 4.18. The summed E-state index contributed by atoms with van der Waals surface area (Å²) in [6, 6.07) is 19.5. The first-order chi connectivity index (χ1) is 10.3. The Hall–Kier alpha value is -2.35. The zero-order valence-corrected chi connectivity index (χ0v) is 12.3. The summed E-state index contributed by atoms with van der Waals surface area (Å²) >= 11 is 0. The molecule has 1 unspecified atom stereocenters. The molecule has 2 heteroatoms. The molecular formula is C19H20N2. The van der Waals surface area contributed by atoms with Crippen LogP contribution in [-0.2, 0) is 6.42 Å². The molecule has 3 aromatic rings. The van der Waals surface area contributed by atoms with Crippen molar-refractivity contribution in [3.63, 3.8) is 0 Å². The van der Waals surface area contributed by atoms with Crippen molar-refractivity contribution in [2.75, 3.05) is 5.32 Å². The second-order valence-corrected chi connectivity index (χ2v) is 5.47. The van der Waals surface area contributed by atoms with Gasteiger partial charge in [0.05, 0.1) is 0 Å². The SMILES string of the molecule is CC(CCc1ccccc1)Nc1cccc2cnccc12. The van der Waals surface area contributed by atoms with Crippen molar-refractivity contribution >= 4 is 16.5 Å². The summed E-state index contributed by atoms with van der Waals surface area (Å²) in [5, 5.41) is 6.04. The first kappa shape index (κ1) is 13.6. The molecule has 1 aromatic heterocycles. The van der Waals surface area contributed by atoms with Gasteiger partial charge in [0.15, 0.2) is 0 Å². The molecule has 0 saturated carbocycles. The van der Waals surface area contributed by atoms with Crippen LogP contribution in [0.3, 0.4) is 0 Å². The average molecular weight is 276 g/mol. The lowest BCUT2D eigenvalue weighted by molar-refractivity contribution is 0.707. The van der Waals surface area contributed by atoms with Gasteiger partial charge in [-0.05, 0) is 37.5 Å². The Balaban J connectivity index is 1.67. The number of fused-ring (bicyclic) bond motifs is 1. The highest BCUT2D eigenvalue weighted by Gasteiger charge is 2.05. The number of benzene rings is 2. The van der Waals surface area contributed by atoms with Gasteiger partial charge in [0.2, 0.25) is 0 Å². The van der Waals surface area contributed by atoms with E-state index in [1.165, 1.54) is 22.0 Å². The summed E-state index contributed by atoms with van der Waals surface area (Å²) in [5.41, 5.74) is 2.59.